The zero-order chi connectivity index (χ0) is 30.5. The zero-order valence-electron chi connectivity index (χ0n) is 25.7. The molecule has 0 aromatic heterocycles. The van der Waals surface area contributed by atoms with Gasteiger partial charge in [-0.3, -0.25) is 4.79 Å². The second-order valence-electron chi connectivity index (χ2n) is 8.50. The molecule has 0 fully saturated rings. The number of unbranched alkanes of at least 4 members (excludes halogenated alkanes) is 1. The van der Waals surface area contributed by atoms with Crippen molar-refractivity contribution in [2.45, 2.75) is 88.1 Å². The van der Waals surface area contributed by atoms with E-state index in [1.807, 2.05) is 83.7 Å². The number of hydrogen-bond acceptors (Lipinski definition) is 5. The molecule has 218 valence electrons. The van der Waals surface area contributed by atoms with E-state index in [0.29, 0.717) is 22.8 Å². The Labute approximate surface area is 243 Å². The van der Waals surface area contributed by atoms with Crippen molar-refractivity contribution in [2.75, 3.05) is 0 Å². The van der Waals surface area contributed by atoms with E-state index in [1.54, 1.807) is 19.1 Å². The number of allylic oxidation sites excluding steroid dienone is 6. The predicted octanol–water partition coefficient (Wildman–Crippen LogP) is 8.19. The maximum absolute atomic E-state index is 12.7. The number of nitrogens with one attached hydrogen (secondary N) is 1. The van der Waals surface area contributed by atoms with E-state index in [-0.39, 0.29) is 17.5 Å². The summed E-state index contributed by atoms with van der Waals surface area (Å²) in [6.45, 7) is 26.1. The van der Waals surface area contributed by atoms with Gasteiger partial charge in [0.25, 0.3) is 0 Å². The quantitative estimate of drug-likeness (QED) is 0.0535. The van der Waals surface area contributed by atoms with Gasteiger partial charge < -0.3 is 10.6 Å². The van der Waals surface area contributed by atoms with Crippen molar-refractivity contribution in [3.05, 3.63) is 88.8 Å². The molecule has 7 heteroatoms. The van der Waals surface area contributed by atoms with Gasteiger partial charge in [-0.15, -0.1) is 5.10 Å². The third-order valence-corrected chi connectivity index (χ3v) is 6.08. The van der Waals surface area contributed by atoms with Crippen molar-refractivity contribution >= 4 is 28.8 Å². The first kappa shape index (κ1) is 38.1. The number of nitrogens with zero attached hydrogens (tertiary/aromatic N) is 2. The lowest BCUT2D eigenvalue weighted by molar-refractivity contribution is -0.115. The summed E-state index contributed by atoms with van der Waals surface area (Å²) >= 11 is 6.64. The number of hydrazine groups is 1. The number of nitrogens with two attached hydrogens (primary N) is 2. The summed E-state index contributed by atoms with van der Waals surface area (Å²) in [5.74, 6) is 5.52. The smallest absolute Gasteiger partial charge is 0.177 e. The van der Waals surface area contributed by atoms with Crippen LogP contribution in [-0.2, 0) is 11.3 Å². The molecule has 0 atom stereocenters. The number of hydrazone groups is 1. The third-order valence-electron chi connectivity index (χ3n) is 5.47. The topological polar surface area (TPSA) is 96.7 Å². The highest BCUT2D eigenvalue weighted by atomic mass is 35.5. The lowest BCUT2D eigenvalue weighted by Gasteiger charge is -2.30. The predicted molar refractivity (Wildman–Crippen MR) is 173 cm³/mol. The Morgan fingerprint density at radius 1 is 1.18 bits per heavy atom. The number of rotatable bonds is 14. The average Bonchev–Trinajstić information content (AvgIpc) is 2.94. The molecule has 0 aliphatic rings. The van der Waals surface area contributed by atoms with E-state index >= 15 is 0 Å². The van der Waals surface area contributed by atoms with Crippen molar-refractivity contribution in [1.29, 1.82) is 0 Å². The van der Waals surface area contributed by atoms with Crippen molar-refractivity contribution < 1.29 is 4.79 Å². The molecule has 0 spiro atoms. The van der Waals surface area contributed by atoms with Crippen LogP contribution >= 0.6 is 11.6 Å². The van der Waals surface area contributed by atoms with Gasteiger partial charge in [0, 0.05) is 29.8 Å². The highest BCUT2D eigenvalue weighted by molar-refractivity contribution is 6.32. The maximum atomic E-state index is 12.7. The van der Waals surface area contributed by atoms with Gasteiger partial charge in [0.1, 0.15) is 0 Å². The summed E-state index contributed by atoms with van der Waals surface area (Å²) < 4.78 is 0. The molecule has 0 saturated heterocycles. The van der Waals surface area contributed by atoms with E-state index in [9.17, 15) is 4.79 Å². The van der Waals surface area contributed by atoms with E-state index in [4.69, 9.17) is 23.2 Å². The van der Waals surface area contributed by atoms with Crippen molar-refractivity contribution in [2.24, 2.45) is 22.6 Å². The molecule has 1 rings (SSSR count). The Balaban J connectivity index is 0. The minimum absolute atomic E-state index is 0.0295. The SMILES string of the molecule is C=C/C=C(C(=C/C)\c1ccc(CN(C(=C)CCCC)/C(C(C)=O)=C(/Cl)C(C)C)cc1)/C(N)=N/NN.CC.CC. The molecular weight excluding hydrogens is 506 g/mol. The Kier molecular flexibility index (Phi) is 21.3. The first-order chi connectivity index (χ1) is 18.6. The van der Waals surface area contributed by atoms with Gasteiger partial charge in [0.2, 0.25) is 0 Å². The number of amidine groups is 1. The summed E-state index contributed by atoms with van der Waals surface area (Å²) in [6, 6.07) is 8.08. The number of ketones is 1. The highest BCUT2D eigenvalue weighted by Gasteiger charge is 2.23. The first-order valence-corrected chi connectivity index (χ1v) is 14.2. The molecular formula is C32H52ClN5O. The van der Waals surface area contributed by atoms with Gasteiger partial charge in [-0.05, 0) is 42.4 Å². The van der Waals surface area contributed by atoms with Gasteiger partial charge in [-0.2, -0.15) is 0 Å². The van der Waals surface area contributed by atoms with Crippen LogP contribution in [0.5, 0.6) is 0 Å². The van der Waals surface area contributed by atoms with E-state index < -0.39 is 0 Å². The van der Waals surface area contributed by atoms with Crippen LogP contribution in [0.2, 0.25) is 0 Å². The standard InChI is InChI=1S/C28H40ClN5O.2C2H6/c1-8-11-13-20(6)34(27(21(7)35)26(29)19(4)5)18-22-14-16-23(17-15-22)24(10-3)25(12-9-2)28(30)32-33-31;2*1-2/h9-10,12,14-17,19,33H,2,6,8,11,13,18,31H2,1,3-5,7H3,(H2,30,32);2*1-2H3/b24-10-,25-12+,27-26+;;. The van der Waals surface area contributed by atoms with Gasteiger partial charge in [0.05, 0.1) is 5.70 Å². The van der Waals surface area contributed by atoms with Gasteiger partial charge in [0.15, 0.2) is 11.6 Å². The molecule has 5 N–H and O–H groups in total. The number of benzene rings is 1. The van der Waals surface area contributed by atoms with Crippen molar-refractivity contribution in [3.63, 3.8) is 0 Å². The zero-order valence-corrected chi connectivity index (χ0v) is 26.5. The summed E-state index contributed by atoms with van der Waals surface area (Å²) in [5, 5.41) is 4.45. The van der Waals surface area contributed by atoms with Crippen LogP contribution in [0.4, 0.5) is 0 Å². The molecule has 1 aromatic carbocycles. The molecule has 0 heterocycles. The molecule has 0 amide bonds. The number of carbonyl (C=O) groups is 1. The van der Waals surface area contributed by atoms with Crippen LogP contribution in [0.3, 0.4) is 0 Å². The van der Waals surface area contributed by atoms with Crippen LogP contribution in [0.25, 0.3) is 5.57 Å². The molecule has 0 unspecified atom stereocenters. The van der Waals surface area contributed by atoms with Gasteiger partial charge in [-0.25, -0.2) is 11.4 Å². The lowest BCUT2D eigenvalue weighted by atomic mass is 9.95. The van der Waals surface area contributed by atoms with Crippen LogP contribution in [0.1, 0.15) is 92.7 Å². The number of halogens is 1. The minimum atomic E-state index is -0.0725. The third kappa shape index (κ3) is 12.5. The molecule has 1 aromatic rings. The molecule has 0 aliphatic carbocycles. The van der Waals surface area contributed by atoms with Crippen molar-refractivity contribution in [1.82, 2.24) is 10.4 Å². The molecule has 0 radical (unpaired) electrons. The molecule has 6 nitrogen and oxygen atoms in total. The van der Waals surface area contributed by atoms with Crippen LogP contribution in [0, 0.1) is 5.92 Å². The fourth-order valence-electron chi connectivity index (χ4n) is 3.64. The molecule has 39 heavy (non-hydrogen) atoms. The average molecular weight is 558 g/mol. The second kappa shape index (κ2) is 21.8. The summed E-state index contributed by atoms with van der Waals surface area (Å²) in [7, 11) is 0. The monoisotopic (exact) mass is 557 g/mol. The first-order valence-electron chi connectivity index (χ1n) is 13.9. The fraction of sp³-hybridized carbons (Fsp3) is 0.438. The molecule has 0 saturated carbocycles. The van der Waals surface area contributed by atoms with E-state index in [1.165, 1.54) is 0 Å². The number of hydrogen-bond donors (Lipinski definition) is 3. The summed E-state index contributed by atoms with van der Waals surface area (Å²) in [6.07, 6.45) is 8.22. The molecule has 0 aliphatic heterocycles. The Bertz CT molecular complexity index is 1020. The summed E-state index contributed by atoms with van der Waals surface area (Å²) in [5.41, 5.74) is 13.3. The number of Topliss-reactive ketones (excluding diaryl/α,β-unsaturated/α-hetero) is 1. The highest BCUT2D eigenvalue weighted by Crippen LogP contribution is 2.30. The minimum Gasteiger partial charge on any atom is -0.382 e. The number of carbonyl (C=O) groups excluding carboxylic acids is 1. The van der Waals surface area contributed by atoms with E-state index in [2.05, 4.69) is 30.7 Å². The Morgan fingerprint density at radius 3 is 2.15 bits per heavy atom. The fourth-order valence-corrected chi connectivity index (χ4v) is 3.87. The second-order valence-corrected chi connectivity index (χ2v) is 8.91. The van der Waals surface area contributed by atoms with Crippen LogP contribution < -0.4 is 17.1 Å². The van der Waals surface area contributed by atoms with Gasteiger partial charge >= 0.3 is 0 Å². The van der Waals surface area contributed by atoms with Crippen LogP contribution in [-0.4, -0.2) is 16.5 Å². The van der Waals surface area contributed by atoms with Crippen LogP contribution in [0.15, 0.2) is 82.8 Å². The van der Waals surface area contributed by atoms with E-state index in [0.717, 1.165) is 41.7 Å². The largest absolute Gasteiger partial charge is 0.382 e. The van der Waals surface area contributed by atoms with Gasteiger partial charge in [-0.1, -0.05) is 122 Å². The normalized spacial score (nSPS) is 12.4. The Morgan fingerprint density at radius 2 is 1.74 bits per heavy atom. The lowest BCUT2D eigenvalue weighted by Crippen LogP contribution is -2.27. The molecule has 0 bridgehead atoms. The Hall–Kier alpha value is -3.09. The van der Waals surface area contributed by atoms with Crippen molar-refractivity contribution in [3.8, 4) is 0 Å². The maximum Gasteiger partial charge on any atom is 0.177 e. The summed E-state index contributed by atoms with van der Waals surface area (Å²) in [4.78, 5) is 14.6.